The van der Waals surface area contributed by atoms with Gasteiger partial charge in [0.25, 0.3) is 0 Å². The Balaban J connectivity index is 2.24. The summed E-state index contributed by atoms with van der Waals surface area (Å²) in [6.07, 6.45) is 1.55. The first-order chi connectivity index (χ1) is 10.1. The molecule has 1 aromatic heterocycles. The molecular formula is C15H17N3O3. The summed E-state index contributed by atoms with van der Waals surface area (Å²) in [5, 5.41) is 14.3. The van der Waals surface area contributed by atoms with Gasteiger partial charge in [-0.2, -0.15) is 0 Å². The first-order valence-corrected chi connectivity index (χ1v) is 6.65. The summed E-state index contributed by atoms with van der Waals surface area (Å²) in [6, 6.07) is 10.5. The van der Waals surface area contributed by atoms with Gasteiger partial charge >= 0.3 is 5.69 Å². The van der Waals surface area contributed by atoms with Crippen molar-refractivity contribution in [2.45, 2.75) is 26.5 Å². The van der Waals surface area contributed by atoms with Crippen molar-refractivity contribution in [3.8, 4) is 5.75 Å². The first-order valence-electron chi connectivity index (χ1n) is 6.65. The van der Waals surface area contributed by atoms with E-state index in [0.717, 1.165) is 5.69 Å². The molecule has 0 aliphatic heterocycles. The van der Waals surface area contributed by atoms with Gasteiger partial charge in [0.15, 0.2) is 5.75 Å². The van der Waals surface area contributed by atoms with Crippen LogP contribution in [-0.2, 0) is 6.54 Å². The van der Waals surface area contributed by atoms with Crippen LogP contribution < -0.4 is 10.1 Å². The third-order valence-electron chi connectivity index (χ3n) is 2.73. The Hall–Kier alpha value is -2.63. The number of nitro benzene ring substituents is 1. The zero-order chi connectivity index (χ0) is 15.2. The van der Waals surface area contributed by atoms with Gasteiger partial charge in [0.2, 0.25) is 0 Å². The van der Waals surface area contributed by atoms with E-state index in [0.29, 0.717) is 12.2 Å². The van der Waals surface area contributed by atoms with Gasteiger partial charge in [-0.25, -0.2) is 0 Å². The predicted octanol–water partition coefficient (Wildman–Crippen LogP) is 3.39. The Labute approximate surface area is 122 Å². The highest BCUT2D eigenvalue weighted by atomic mass is 16.6. The number of ether oxygens (including phenoxy) is 1. The minimum atomic E-state index is -0.432. The van der Waals surface area contributed by atoms with Crippen molar-refractivity contribution in [1.29, 1.82) is 0 Å². The first kappa shape index (κ1) is 14.8. The number of benzene rings is 1. The molecule has 21 heavy (non-hydrogen) atoms. The molecule has 0 unspecified atom stereocenters. The lowest BCUT2D eigenvalue weighted by Crippen LogP contribution is -2.09. The second-order valence-electron chi connectivity index (χ2n) is 4.75. The van der Waals surface area contributed by atoms with E-state index in [1.165, 1.54) is 0 Å². The molecule has 0 fully saturated rings. The van der Waals surface area contributed by atoms with Gasteiger partial charge in [-0.05, 0) is 38.1 Å². The highest BCUT2D eigenvalue weighted by molar-refractivity contribution is 5.68. The van der Waals surface area contributed by atoms with Crippen LogP contribution in [-0.4, -0.2) is 16.0 Å². The number of anilines is 1. The molecule has 2 aromatic rings. The standard InChI is InChI=1S/C15H17N3O3/c1-11(2)21-14-8-5-7-13(15(14)18(19)20)17-10-12-6-3-4-9-16-12/h3-9,11,17H,10H2,1-2H3. The maximum absolute atomic E-state index is 11.3. The van der Waals surface area contributed by atoms with Crippen molar-refractivity contribution in [2.24, 2.45) is 0 Å². The third kappa shape index (κ3) is 3.92. The van der Waals surface area contributed by atoms with Crippen molar-refractivity contribution in [3.63, 3.8) is 0 Å². The Kier molecular flexibility index (Phi) is 4.71. The molecule has 1 N–H and O–H groups in total. The number of nitro groups is 1. The number of hydrogen-bond donors (Lipinski definition) is 1. The van der Waals surface area contributed by atoms with Crippen molar-refractivity contribution in [1.82, 2.24) is 4.98 Å². The average molecular weight is 287 g/mol. The third-order valence-corrected chi connectivity index (χ3v) is 2.73. The maximum atomic E-state index is 11.3. The van der Waals surface area contributed by atoms with Gasteiger partial charge in [-0.1, -0.05) is 12.1 Å². The molecule has 1 aromatic carbocycles. The molecule has 2 rings (SSSR count). The highest BCUT2D eigenvalue weighted by Crippen LogP contribution is 2.35. The number of nitrogens with zero attached hydrogens (tertiary/aromatic N) is 2. The molecule has 0 aliphatic carbocycles. The SMILES string of the molecule is CC(C)Oc1cccc(NCc2ccccn2)c1[N+](=O)[O-]. The molecular weight excluding hydrogens is 270 g/mol. The number of para-hydroxylation sites is 1. The molecule has 110 valence electrons. The Morgan fingerprint density at radius 3 is 2.71 bits per heavy atom. The fourth-order valence-electron chi connectivity index (χ4n) is 1.89. The zero-order valence-corrected chi connectivity index (χ0v) is 11.9. The van der Waals surface area contributed by atoms with Gasteiger partial charge < -0.3 is 10.1 Å². The molecule has 0 amide bonds. The van der Waals surface area contributed by atoms with Crippen LogP contribution in [0.3, 0.4) is 0 Å². The minimum Gasteiger partial charge on any atom is -0.484 e. The predicted molar refractivity (Wildman–Crippen MR) is 80.4 cm³/mol. The summed E-state index contributed by atoms with van der Waals surface area (Å²) < 4.78 is 5.50. The smallest absolute Gasteiger partial charge is 0.333 e. The van der Waals surface area contributed by atoms with Crippen LogP contribution in [0.1, 0.15) is 19.5 Å². The second kappa shape index (κ2) is 6.69. The minimum absolute atomic E-state index is 0.0536. The van der Waals surface area contributed by atoms with E-state index in [-0.39, 0.29) is 17.5 Å². The topological polar surface area (TPSA) is 77.3 Å². The van der Waals surface area contributed by atoms with Crippen LogP contribution in [0.2, 0.25) is 0 Å². The van der Waals surface area contributed by atoms with Gasteiger partial charge in [-0.3, -0.25) is 15.1 Å². The molecule has 0 aliphatic rings. The van der Waals surface area contributed by atoms with E-state index in [2.05, 4.69) is 10.3 Å². The fraction of sp³-hybridized carbons (Fsp3) is 0.267. The van der Waals surface area contributed by atoms with Crippen LogP contribution in [0, 0.1) is 10.1 Å². The van der Waals surface area contributed by atoms with Crippen LogP contribution in [0.15, 0.2) is 42.6 Å². The maximum Gasteiger partial charge on any atom is 0.333 e. The van der Waals surface area contributed by atoms with E-state index in [4.69, 9.17) is 4.74 Å². The van der Waals surface area contributed by atoms with Gasteiger partial charge in [0.1, 0.15) is 5.69 Å². The molecule has 6 heteroatoms. The van der Waals surface area contributed by atoms with Gasteiger partial charge in [0.05, 0.1) is 23.3 Å². The average Bonchev–Trinajstić information content (AvgIpc) is 2.45. The number of nitrogens with one attached hydrogen (secondary N) is 1. The highest BCUT2D eigenvalue weighted by Gasteiger charge is 2.21. The lowest BCUT2D eigenvalue weighted by molar-refractivity contribution is -0.385. The normalized spacial score (nSPS) is 10.4. The van der Waals surface area contributed by atoms with Crippen LogP contribution in [0.5, 0.6) is 5.75 Å². The van der Waals surface area contributed by atoms with E-state index >= 15 is 0 Å². The summed E-state index contributed by atoms with van der Waals surface area (Å²) in [6.45, 7) is 4.07. The number of rotatable bonds is 6. The molecule has 0 spiro atoms. The summed E-state index contributed by atoms with van der Waals surface area (Å²) in [5.74, 6) is 0.265. The number of pyridine rings is 1. The molecule has 6 nitrogen and oxygen atoms in total. The lowest BCUT2D eigenvalue weighted by Gasteiger charge is -2.13. The molecule has 1 heterocycles. The number of aromatic nitrogens is 1. The Bertz CT molecular complexity index is 615. The summed E-state index contributed by atoms with van der Waals surface area (Å²) in [5.41, 5.74) is 1.17. The Morgan fingerprint density at radius 1 is 1.29 bits per heavy atom. The van der Waals surface area contributed by atoms with Crippen LogP contribution in [0.4, 0.5) is 11.4 Å². The number of hydrogen-bond acceptors (Lipinski definition) is 5. The molecule has 0 saturated carbocycles. The molecule has 0 atom stereocenters. The molecule has 0 radical (unpaired) electrons. The summed E-state index contributed by atoms with van der Waals surface area (Å²) >= 11 is 0. The fourth-order valence-corrected chi connectivity index (χ4v) is 1.89. The van der Waals surface area contributed by atoms with Crippen molar-refractivity contribution in [3.05, 3.63) is 58.4 Å². The second-order valence-corrected chi connectivity index (χ2v) is 4.75. The zero-order valence-electron chi connectivity index (χ0n) is 11.9. The Morgan fingerprint density at radius 2 is 2.10 bits per heavy atom. The summed E-state index contributed by atoms with van der Waals surface area (Å²) in [7, 11) is 0. The van der Waals surface area contributed by atoms with Crippen LogP contribution >= 0.6 is 0 Å². The van der Waals surface area contributed by atoms with Crippen LogP contribution in [0.25, 0.3) is 0 Å². The molecule has 0 saturated heterocycles. The molecule has 0 bridgehead atoms. The van der Waals surface area contributed by atoms with Crippen molar-refractivity contribution in [2.75, 3.05) is 5.32 Å². The van der Waals surface area contributed by atoms with E-state index in [9.17, 15) is 10.1 Å². The van der Waals surface area contributed by atoms with Crippen molar-refractivity contribution >= 4 is 11.4 Å². The van der Waals surface area contributed by atoms with E-state index in [1.54, 1.807) is 24.4 Å². The van der Waals surface area contributed by atoms with Gasteiger partial charge in [-0.15, -0.1) is 0 Å². The van der Waals surface area contributed by atoms with Crippen molar-refractivity contribution < 1.29 is 9.66 Å². The largest absolute Gasteiger partial charge is 0.484 e. The summed E-state index contributed by atoms with van der Waals surface area (Å²) in [4.78, 5) is 15.0. The lowest BCUT2D eigenvalue weighted by atomic mass is 10.2. The van der Waals surface area contributed by atoms with E-state index in [1.807, 2.05) is 32.0 Å². The quantitative estimate of drug-likeness (QED) is 0.651. The van der Waals surface area contributed by atoms with E-state index < -0.39 is 4.92 Å². The monoisotopic (exact) mass is 287 g/mol. The van der Waals surface area contributed by atoms with Gasteiger partial charge in [0, 0.05) is 6.20 Å².